The van der Waals surface area contributed by atoms with Crippen LogP contribution in [0.25, 0.3) is 0 Å². The quantitative estimate of drug-likeness (QED) is 0.609. The van der Waals surface area contributed by atoms with E-state index in [-0.39, 0.29) is 5.82 Å². The van der Waals surface area contributed by atoms with E-state index in [1.165, 1.54) is 12.3 Å². The summed E-state index contributed by atoms with van der Waals surface area (Å²) in [4.78, 5) is 4.41. The van der Waals surface area contributed by atoms with E-state index < -0.39 is 9.84 Å². The summed E-state index contributed by atoms with van der Waals surface area (Å²) in [7, 11) is -1.53. The maximum atomic E-state index is 13.6. The Kier molecular flexibility index (Phi) is 6.52. The lowest BCUT2D eigenvalue weighted by Gasteiger charge is -2.12. The van der Waals surface area contributed by atoms with Crippen LogP contribution in [0.4, 0.5) is 4.39 Å². The van der Waals surface area contributed by atoms with Gasteiger partial charge in [0.25, 0.3) is 0 Å². The van der Waals surface area contributed by atoms with Crippen LogP contribution < -0.4 is 10.6 Å². The van der Waals surface area contributed by atoms with Crippen molar-refractivity contribution in [3.8, 4) is 0 Å². The van der Waals surface area contributed by atoms with E-state index in [9.17, 15) is 12.8 Å². The second-order valence-electron chi connectivity index (χ2n) is 5.61. The molecule has 0 bridgehead atoms. The molecule has 0 saturated heterocycles. The minimum atomic E-state index is -3.18. The first-order valence-electron chi connectivity index (χ1n) is 7.87. The fourth-order valence-electron chi connectivity index (χ4n) is 2.28. The van der Waals surface area contributed by atoms with Crippen molar-refractivity contribution in [1.29, 1.82) is 0 Å². The molecule has 2 aromatic rings. The zero-order chi connectivity index (χ0) is 18.3. The van der Waals surface area contributed by atoms with Gasteiger partial charge in [0.1, 0.15) is 5.82 Å². The minimum absolute atomic E-state index is 0.210. The maximum Gasteiger partial charge on any atom is 0.191 e. The first kappa shape index (κ1) is 18.9. The van der Waals surface area contributed by atoms with Crippen LogP contribution in [0.5, 0.6) is 0 Å². The molecule has 2 rings (SSSR count). The largest absolute Gasteiger partial charge is 0.356 e. The fourth-order valence-corrected chi connectivity index (χ4v) is 2.91. The van der Waals surface area contributed by atoms with Crippen molar-refractivity contribution in [2.24, 2.45) is 4.99 Å². The third-order valence-electron chi connectivity index (χ3n) is 3.68. The molecule has 0 atom stereocenters. The first-order chi connectivity index (χ1) is 11.9. The molecule has 7 heteroatoms. The Hall–Kier alpha value is -2.41. The normalized spacial score (nSPS) is 12.0. The molecule has 0 aliphatic heterocycles. The van der Waals surface area contributed by atoms with Crippen LogP contribution in [0.2, 0.25) is 0 Å². The lowest BCUT2D eigenvalue weighted by molar-refractivity contribution is 0.602. The van der Waals surface area contributed by atoms with Gasteiger partial charge in [-0.15, -0.1) is 0 Å². The molecule has 2 aromatic carbocycles. The van der Waals surface area contributed by atoms with Crippen molar-refractivity contribution in [2.75, 3.05) is 19.8 Å². The Morgan fingerprint density at radius 2 is 1.76 bits per heavy atom. The molecule has 0 amide bonds. The van der Waals surface area contributed by atoms with Gasteiger partial charge in [-0.3, -0.25) is 4.99 Å². The second kappa shape index (κ2) is 8.62. The summed E-state index contributed by atoms with van der Waals surface area (Å²) in [5.41, 5.74) is 1.59. The average Bonchev–Trinajstić information content (AvgIpc) is 2.59. The highest BCUT2D eigenvalue weighted by atomic mass is 32.2. The number of aliphatic imine (C=N–C) groups is 1. The van der Waals surface area contributed by atoms with Gasteiger partial charge in [-0.1, -0.05) is 30.3 Å². The van der Waals surface area contributed by atoms with Gasteiger partial charge in [0.05, 0.1) is 4.90 Å². The van der Waals surface area contributed by atoms with Gasteiger partial charge in [-0.2, -0.15) is 0 Å². The molecule has 0 unspecified atom stereocenters. The predicted octanol–water partition coefficient (Wildman–Crippen LogP) is 2.14. The van der Waals surface area contributed by atoms with Crippen molar-refractivity contribution in [1.82, 2.24) is 10.6 Å². The van der Waals surface area contributed by atoms with E-state index in [4.69, 9.17) is 0 Å². The van der Waals surface area contributed by atoms with Crippen LogP contribution in [0.15, 0.2) is 58.4 Å². The van der Waals surface area contributed by atoms with Crippen LogP contribution in [0.1, 0.15) is 11.1 Å². The van der Waals surface area contributed by atoms with E-state index in [0.29, 0.717) is 35.9 Å². The van der Waals surface area contributed by atoms with Crippen molar-refractivity contribution in [2.45, 2.75) is 17.9 Å². The SMILES string of the molecule is CN=C(NCCc1ccccc1F)NCc1ccc(S(C)(=O)=O)cc1. The zero-order valence-electron chi connectivity index (χ0n) is 14.3. The molecule has 25 heavy (non-hydrogen) atoms. The highest BCUT2D eigenvalue weighted by Crippen LogP contribution is 2.10. The van der Waals surface area contributed by atoms with E-state index in [1.54, 1.807) is 43.4 Å². The molecule has 0 heterocycles. The monoisotopic (exact) mass is 363 g/mol. The minimum Gasteiger partial charge on any atom is -0.356 e. The number of nitrogens with one attached hydrogen (secondary N) is 2. The molecule has 0 fully saturated rings. The third kappa shape index (κ3) is 5.86. The molecule has 5 nitrogen and oxygen atoms in total. The van der Waals surface area contributed by atoms with Crippen molar-refractivity contribution in [3.05, 3.63) is 65.5 Å². The van der Waals surface area contributed by atoms with Crippen LogP contribution >= 0.6 is 0 Å². The van der Waals surface area contributed by atoms with Gasteiger partial charge in [-0.25, -0.2) is 12.8 Å². The number of sulfone groups is 1. The second-order valence-corrected chi connectivity index (χ2v) is 7.63. The van der Waals surface area contributed by atoms with Gasteiger partial charge in [0.2, 0.25) is 0 Å². The number of benzene rings is 2. The van der Waals surface area contributed by atoms with Crippen LogP contribution in [-0.2, 0) is 22.8 Å². The molecule has 0 aliphatic carbocycles. The molecule has 134 valence electrons. The van der Waals surface area contributed by atoms with Gasteiger partial charge < -0.3 is 10.6 Å². The Morgan fingerprint density at radius 3 is 2.36 bits per heavy atom. The summed E-state index contributed by atoms with van der Waals surface area (Å²) < 4.78 is 36.5. The fraction of sp³-hybridized carbons (Fsp3) is 0.278. The topological polar surface area (TPSA) is 70.6 Å². The Balaban J connectivity index is 1.83. The molecule has 0 aliphatic rings. The van der Waals surface area contributed by atoms with Crippen LogP contribution in [-0.4, -0.2) is 34.2 Å². The molecular formula is C18H22FN3O2S. The Bertz CT molecular complexity index is 834. The van der Waals surface area contributed by atoms with Gasteiger partial charge in [0, 0.05) is 26.4 Å². The maximum absolute atomic E-state index is 13.6. The molecule has 0 spiro atoms. The molecule has 0 aromatic heterocycles. The lowest BCUT2D eigenvalue weighted by Crippen LogP contribution is -2.37. The van der Waals surface area contributed by atoms with E-state index >= 15 is 0 Å². The van der Waals surface area contributed by atoms with Gasteiger partial charge in [0.15, 0.2) is 15.8 Å². The zero-order valence-corrected chi connectivity index (χ0v) is 15.1. The van der Waals surface area contributed by atoms with Gasteiger partial charge >= 0.3 is 0 Å². The number of hydrogen-bond acceptors (Lipinski definition) is 3. The standard InChI is InChI=1S/C18H22FN3O2S/c1-20-18(21-12-11-15-5-3-4-6-17(15)19)22-13-14-7-9-16(10-8-14)25(2,23)24/h3-10H,11-13H2,1-2H3,(H2,20,21,22). The highest BCUT2D eigenvalue weighted by Gasteiger charge is 2.06. The molecule has 0 saturated carbocycles. The van der Waals surface area contributed by atoms with Crippen molar-refractivity contribution >= 4 is 15.8 Å². The number of halogens is 1. The smallest absolute Gasteiger partial charge is 0.191 e. The summed E-state index contributed by atoms with van der Waals surface area (Å²) in [5, 5.41) is 6.27. The molecular weight excluding hydrogens is 341 g/mol. The van der Waals surface area contributed by atoms with E-state index in [2.05, 4.69) is 15.6 Å². The summed E-state index contributed by atoms with van der Waals surface area (Å²) in [6, 6.07) is 13.4. The van der Waals surface area contributed by atoms with Crippen LogP contribution in [0, 0.1) is 5.82 Å². The van der Waals surface area contributed by atoms with E-state index in [1.807, 2.05) is 6.07 Å². The van der Waals surface area contributed by atoms with Crippen molar-refractivity contribution < 1.29 is 12.8 Å². The number of guanidine groups is 1. The first-order valence-corrected chi connectivity index (χ1v) is 9.76. The number of hydrogen-bond donors (Lipinski definition) is 2. The summed E-state index contributed by atoms with van der Waals surface area (Å²) in [6.45, 7) is 1.05. The lowest BCUT2D eigenvalue weighted by atomic mass is 10.1. The van der Waals surface area contributed by atoms with Gasteiger partial charge in [-0.05, 0) is 35.7 Å². The Labute approximate surface area is 147 Å². The number of rotatable bonds is 6. The third-order valence-corrected chi connectivity index (χ3v) is 4.81. The predicted molar refractivity (Wildman–Crippen MR) is 97.9 cm³/mol. The Morgan fingerprint density at radius 1 is 1.08 bits per heavy atom. The average molecular weight is 363 g/mol. The number of nitrogens with zero attached hydrogens (tertiary/aromatic N) is 1. The summed E-state index contributed by atoms with van der Waals surface area (Å²) in [5.74, 6) is 0.391. The molecule has 0 radical (unpaired) electrons. The highest BCUT2D eigenvalue weighted by molar-refractivity contribution is 7.90. The van der Waals surface area contributed by atoms with Crippen LogP contribution in [0.3, 0.4) is 0 Å². The molecule has 2 N–H and O–H groups in total. The van der Waals surface area contributed by atoms with Crippen molar-refractivity contribution in [3.63, 3.8) is 0 Å². The summed E-state index contributed by atoms with van der Waals surface area (Å²) >= 11 is 0. The summed E-state index contributed by atoms with van der Waals surface area (Å²) in [6.07, 6.45) is 1.73. The van der Waals surface area contributed by atoms with E-state index in [0.717, 1.165) is 5.56 Å².